The third-order valence-corrected chi connectivity index (χ3v) is 3.82. The van der Waals surface area contributed by atoms with Crippen molar-refractivity contribution in [2.75, 3.05) is 11.1 Å². The Morgan fingerprint density at radius 3 is 2.75 bits per heavy atom. The maximum Gasteiger partial charge on any atom is 0.229 e. The van der Waals surface area contributed by atoms with Crippen LogP contribution in [0.1, 0.15) is 12.8 Å². The first kappa shape index (κ1) is 13.0. The molecule has 20 heavy (non-hydrogen) atoms. The molecule has 1 aromatic heterocycles. The normalized spacial score (nSPS) is 14.3. The van der Waals surface area contributed by atoms with Gasteiger partial charge < -0.3 is 11.1 Å². The Hall–Kier alpha value is -2.02. The van der Waals surface area contributed by atoms with Gasteiger partial charge in [0, 0.05) is 11.5 Å². The molecule has 7 heteroatoms. The van der Waals surface area contributed by atoms with E-state index >= 15 is 0 Å². The average molecular weight is 295 g/mol. The van der Waals surface area contributed by atoms with Crippen molar-refractivity contribution in [1.29, 1.82) is 0 Å². The van der Waals surface area contributed by atoms with Crippen LogP contribution in [0.5, 0.6) is 0 Å². The summed E-state index contributed by atoms with van der Waals surface area (Å²) >= 11 is 1.11. The number of thiazole rings is 1. The van der Waals surface area contributed by atoms with E-state index in [-0.39, 0.29) is 11.8 Å². The number of nitrogen functional groups attached to an aromatic ring is 1. The second kappa shape index (κ2) is 4.82. The van der Waals surface area contributed by atoms with Crippen LogP contribution in [0, 0.1) is 17.6 Å². The van der Waals surface area contributed by atoms with Crippen LogP contribution < -0.4 is 11.1 Å². The monoisotopic (exact) mass is 295 g/mol. The van der Waals surface area contributed by atoms with Gasteiger partial charge in [0.2, 0.25) is 5.91 Å². The van der Waals surface area contributed by atoms with Crippen molar-refractivity contribution in [3.63, 3.8) is 0 Å². The zero-order chi connectivity index (χ0) is 14.3. The van der Waals surface area contributed by atoms with Crippen LogP contribution in [0.3, 0.4) is 0 Å². The van der Waals surface area contributed by atoms with Crippen LogP contribution in [0.2, 0.25) is 0 Å². The van der Waals surface area contributed by atoms with Gasteiger partial charge in [-0.05, 0) is 31.0 Å². The molecule has 3 N–H and O–H groups in total. The van der Waals surface area contributed by atoms with Gasteiger partial charge in [-0.25, -0.2) is 13.8 Å². The highest BCUT2D eigenvalue weighted by Gasteiger charge is 2.30. The van der Waals surface area contributed by atoms with Gasteiger partial charge in [-0.2, -0.15) is 0 Å². The molecule has 0 unspecified atom stereocenters. The predicted molar refractivity (Wildman–Crippen MR) is 73.2 cm³/mol. The largest absolute Gasteiger partial charge is 0.389 e. The number of nitrogens with zero attached hydrogens (tertiary/aromatic N) is 1. The van der Waals surface area contributed by atoms with E-state index in [9.17, 15) is 13.6 Å². The zero-order valence-corrected chi connectivity index (χ0v) is 11.1. The molecular weight excluding hydrogens is 284 g/mol. The first-order valence-electron chi connectivity index (χ1n) is 6.07. The van der Waals surface area contributed by atoms with Crippen LogP contribution >= 0.6 is 11.3 Å². The van der Waals surface area contributed by atoms with E-state index in [1.54, 1.807) is 0 Å². The van der Waals surface area contributed by atoms with E-state index in [1.165, 1.54) is 6.07 Å². The number of amides is 1. The summed E-state index contributed by atoms with van der Waals surface area (Å²) in [5.74, 6) is -1.90. The molecule has 104 valence electrons. The number of carbonyl (C=O) groups excluding carboxylic acids is 1. The molecule has 1 aliphatic carbocycles. The fourth-order valence-corrected chi connectivity index (χ4v) is 2.55. The molecule has 1 aromatic carbocycles. The smallest absolute Gasteiger partial charge is 0.229 e. The Balaban J connectivity index is 1.87. The third-order valence-electron chi connectivity index (χ3n) is 3.02. The number of nitrogens with two attached hydrogens (primary N) is 1. The van der Waals surface area contributed by atoms with Crippen molar-refractivity contribution in [1.82, 2.24) is 4.98 Å². The highest BCUT2D eigenvalue weighted by atomic mass is 32.1. The van der Waals surface area contributed by atoms with Gasteiger partial charge in [-0.15, -0.1) is 0 Å². The molecule has 1 heterocycles. The Bertz CT molecular complexity index is 682. The average Bonchev–Trinajstić information content (AvgIpc) is 3.18. The van der Waals surface area contributed by atoms with Crippen molar-refractivity contribution in [2.24, 2.45) is 5.92 Å². The minimum Gasteiger partial charge on any atom is -0.389 e. The van der Waals surface area contributed by atoms with Gasteiger partial charge in [0.1, 0.15) is 10.7 Å². The number of carbonyl (C=O) groups is 1. The van der Waals surface area contributed by atoms with Crippen LogP contribution in [0.15, 0.2) is 18.2 Å². The lowest BCUT2D eigenvalue weighted by molar-refractivity contribution is -0.117. The number of halogens is 2. The summed E-state index contributed by atoms with van der Waals surface area (Å²) in [5, 5.41) is 3.40. The Morgan fingerprint density at radius 2 is 2.10 bits per heavy atom. The number of hydrogen-bond acceptors (Lipinski definition) is 4. The Morgan fingerprint density at radius 1 is 1.35 bits per heavy atom. The summed E-state index contributed by atoms with van der Waals surface area (Å²) in [4.78, 5) is 15.8. The number of hydrogen-bond donors (Lipinski definition) is 2. The molecule has 0 saturated heterocycles. The molecule has 0 bridgehead atoms. The van der Waals surface area contributed by atoms with E-state index < -0.39 is 11.6 Å². The predicted octanol–water partition coefficient (Wildman–Crippen LogP) is 3.02. The molecule has 1 fully saturated rings. The van der Waals surface area contributed by atoms with E-state index in [0.717, 1.165) is 36.3 Å². The number of anilines is 2. The summed E-state index contributed by atoms with van der Waals surface area (Å²) in [6.07, 6.45) is 1.78. The molecule has 3 rings (SSSR count). The van der Waals surface area contributed by atoms with Gasteiger partial charge in [-0.3, -0.25) is 4.79 Å². The minimum absolute atomic E-state index is 0.0619. The fraction of sp³-hybridized carbons (Fsp3) is 0.231. The molecule has 1 aliphatic rings. The zero-order valence-electron chi connectivity index (χ0n) is 10.3. The summed E-state index contributed by atoms with van der Waals surface area (Å²) < 4.78 is 26.1. The number of rotatable bonds is 3. The molecule has 1 saturated carbocycles. The number of benzene rings is 1. The highest BCUT2D eigenvalue weighted by molar-refractivity contribution is 7.20. The van der Waals surface area contributed by atoms with Crippen molar-refractivity contribution in [3.05, 3.63) is 29.8 Å². The highest BCUT2D eigenvalue weighted by Crippen LogP contribution is 2.35. The number of nitrogens with one attached hydrogen (secondary N) is 1. The van der Waals surface area contributed by atoms with Crippen molar-refractivity contribution < 1.29 is 13.6 Å². The lowest BCUT2D eigenvalue weighted by Crippen LogP contribution is -2.12. The maximum absolute atomic E-state index is 13.2. The van der Waals surface area contributed by atoms with Crippen molar-refractivity contribution >= 4 is 27.4 Å². The van der Waals surface area contributed by atoms with E-state index in [4.69, 9.17) is 5.73 Å². The summed E-state index contributed by atoms with van der Waals surface area (Å²) in [7, 11) is 0. The maximum atomic E-state index is 13.2. The quantitative estimate of drug-likeness (QED) is 0.914. The van der Waals surface area contributed by atoms with Gasteiger partial charge in [0.25, 0.3) is 0 Å². The molecule has 2 aromatic rings. The Kier molecular flexibility index (Phi) is 3.13. The van der Waals surface area contributed by atoms with Crippen molar-refractivity contribution in [2.45, 2.75) is 12.8 Å². The fourth-order valence-electron chi connectivity index (χ4n) is 1.79. The molecule has 0 radical (unpaired) electrons. The summed E-state index contributed by atoms with van der Waals surface area (Å²) in [5.41, 5.74) is 6.54. The SMILES string of the molecule is Nc1sc(NC(=O)C2CC2)nc1-c1ccc(F)c(F)c1. The lowest BCUT2D eigenvalue weighted by Gasteiger charge is -2.00. The topological polar surface area (TPSA) is 68.0 Å². The molecule has 0 atom stereocenters. The lowest BCUT2D eigenvalue weighted by atomic mass is 10.1. The minimum atomic E-state index is -0.960. The second-order valence-corrected chi connectivity index (χ2v) is 5.65. The van der Waals surface area contributed by atoms with E-state index in [2.05, 4.69) is 10.3 Å². The van der Waals surface area contributed by atoms with Gasteiger partial charge >= 0.3 is 0 Å². The molecule has 4 nitrogen and oxygen atoms in total. The van der Waals surface area contributed by atoms with E-state index in [0.29, 0.717) is 21.4 Å². The molecule has 0 spiro atoms. The number of aromatic nitrogens is 1. The first-order valence-corrected chi connectivity index (χ1v) is 6.89. The van der Waals surface area contributed by atoms with Gasteiger partial charge in [0.15, 0.2) is 16.8 Å². The van der Waals surface area contributed by atoms with Crippen LogP contribution in [0.25, 0.3) is 11.3 Å². The third kappa shape index (κ3) is 2.49. The van der Waals surface area contributed by atoms with Crippen LogP contribution in [-0.2, 0) is 4.79 Å². The molecule has 1 amide bonds. The van der Waals surface area contributed by atoms with Crippen molar-refractivity contribution in [3.8, 4) is 11.3 Å². The molecular formula is C13H11F2N3OS. The molecule has 0 aliphatic heterocycles. The van der Waals surface area contributed by atoms with Crippen LogP contribution in [0.4, 0.5) is 18.9 Å². The van der Waals surface area contributed by atoms with Gasteiger partial charge in [-0.1, -0.05) is 11.3 Å². The first-order chi connectivity index (χ1) is 9.54. The second-order valence-electron chi connectivity index (χ2n) is 4.62. The standard InChI is InChI=1S/C13H11F2N3OS/c14-8-4-3-7(5-9(8)15)10-11(16)20-13(17-10)18-12(19)6-1-2-6/h3-6H,1-2,16H2,(H,17,18,19). The van der Waals surface area contributed by atoms with Crippen LogP contribution in [-0.4, -0.2) is 10.9 Å². The van der Waals surface area contributed by atoms with E-state index in [1.807, 2.05) is 0 Å². The Labute approximate surface area is 117 Å². The van der Waals surface area contributed by atoms with Gasteiger partial charge in [0.05, 0.1) is 0 Å². The summed E-state index contributed by atoms with van der Waals surface area (Å²) in [6, 6.07) is 3.45. The summed E-state index contributed by atoms with van der Waals surface area (Å²) in [6.45, 7) is 0.